The highest BCUT2D eigenvalue weighted by Gasteiger charge is 2.28. The van der Waals surface area contributed by atoms with E-state index >= 15 is 0 Å². The number of amides is 1. The Bertz CT molecular complexity index is 348. The summed E-state index contributed by atoms with van der Waals surface area (Å²) in [6.45, 7) is 1.30. The first-order chi connectivity index (χ1) is 7.41. The van der Waals surface area contributed by atoms with Gasteiger partial charge in [0.2, 0.25) is 0 Å². The minimum atomic E-state index is -2.88. The van der Waals surface area contributed by atoms with Gasteiger partial charge in [-0.1, -0.05) is 18.2 Å². The number of carbonyl (C=O) groups is 1. The Balaban J connectivity index is 2.48. The number of hydrazine groups is 1. The van der Waals surface area contributed by atoms with Crippen LogP contribution in [0.5, 0.6) is 0 Å². The van der Waals surface area contributed by atoms with Crippen LogP contribution < -0.4 is 10.9 Å². The van der Waals surface area contributed by atoms with Crippen LogP contribution in [0.3, 0.4) is 0 Å². The number of benzene rings is 1. The zero-order chi connectivity index (χ0) is 12.2. The quantitative estimate of drug-likeness (QED) is 0.333. The monoisotopic (exact) mass is 226 g/mol. The molecule has 1 atom stereocenters. The third-order valence-electron chi connectivity index (χ3n) is 2.02. The minimum absolute atomic E-state index is 0.418. The van der Waals surface area contributed by atoms with Crippen molar-refractivity contribution in [3.8, 4) is 0 Å². The van der Waals surface area contributed by atoms with E-state index < -0.39 is 17.9 Å². The van der Waals surface area contributed by atoms with Gasteiger partial charge in [0.05, 0.1) is 0 Å². The molecule has 1 rings (SSSR count). The first-order valence-electron chi connectivity index (χ1n) is 4.69. The van der Waals surface area contributed by atoms with Gasteiger partial charge in [0.25, 0.3) is 11.9 Å². The molecule has 16 heavy (non-hydrogen) atoms. The normalized spacial score (nSPS) is 13.2. The molecule has 0 aliphatic rings. The molecule has 88 valence electrons. The van der Waals surface area contributed by atoms with Crippen molar-refractivity contribution in [3.63, 3.8) is 0 Å². The summed E-state index contributed by atoms with van der Waals surface area (Å²) in [5.74, 6) is -3.32. The Hall–Kier alpha value is -1.47. The molecule has 0 saturated carbocycles. The summed E-state index contributed by atoms with van der Waals surface area (Å²) in [5, 5.41) is 26.3. The van der Waals surface area contributed by atoms with Crippen LogP contribution in [0.2, 0.25) is 0 Å². The van der Waals surface area contributed by atoms with E-state index in [9.17, 15) is 4.79 Å². The fourth-order valence-corrected chi connectivity index (χ4v) is 0.932. The predicted octanol–water partition coefficient (Wildman–Crippen LogP) is -1.06. The highest BCUT2D eigenvalue weighted by molar-refractivity contribution is 5.93. The largest absolute Gasteiger partial charge is 0.342 e. The molecule has 1 amide bonds. The van der Waals surface area contributed by atoms with Gasteiger partial charge < -0.3 is 15.3 Å². The molecule has 0 heterocycles. The molecule has 6 nitrogen and oxygen atoms in total. The number of hydrogen-bond acceptors (Lipinski definition) is 5. The maximum Gasteiger partial charge on any atom is 0.293 e. The fourth-order valence-electron chi connectivity index (χ4n) is 0.932. The van der Waals surface area contributed by atoms with E-state index in [1.54, 1.807) is 30.3 Å². The van der Waals surface area contributed by atoms with Crippen LogP contribution in [0.25, 0.3) is 0 Å². The van der Waals surface area contributed by atoms with Crippen LogP contribution in [0.4, 0.5) is 0 Å². The van der Waals surface area contributed by atoms with Crippen LogP contribution in [-0.4, -0.2) is 33.2 Å². The van der Waals surface area contributed by atoms with Gasteiger partial charge in [-0.15, -0.1) is 0 Å². The smallest absolute Gasteiger partial charge is 0.293 e. The highest BCUT2D eigenvalue weighted by atomic mass is 16.7. The Morgan fingerprint density at radius 3 is 2.31 bits per heavy atom. The van der Waals surface area contributed by atoms with Gasteiger partial charge in [-0.05, 0) is 19.1 Å². The summed E-state index contributed by atoms with van der Waals surface area (Å²) in [6.07, 6.45) is 0. The molecule has 0 aliphatic heterocycles. The van der Waals surface area contributed by atoms with Crippen molar-refractivity contribution in [2.75, 3.05) is 0 Å². The van der Waals surface area contributed by atoms with Crippen LogP contribution in [0.15, 0.2) is 30.3 Å². The fraction of sp³-hybridized carbons (Fsp3) is 0.300. The second-order valence-electron chi connectivity index (χ2n) is 3.37. The zero-order valence-corrected chi connectivity index (χ0v) is 8.71. The van der Waals surface area contributed by atoms with Gasteiger partial charge in [-0.2, -0.15) is 0 Å². The maximum absolute atomic E-state index is 11.5. The molecule has 0 fully saturated rings. The number of nitrogens with one attached hydrogen (secondary N) is 2. The molecule has 1 aromatic rings. The van der Waals surface area contributed by atoms with Gasteiger partial charge in [0, 0.05) is 5.56 Å². The lowest BCUT2D eigenvalue weighted by Gasteiger charge is -2.23. The van der Waals surface area contributed by atoms with Gasteiger partial charge in [0.1, 0.15) is 6.04 Å². The third kappa shape index (κ3) is 3.59. The summed E-state index contributed by atoms with van der Waals surface area (Å²) in [4.78, 5) is 11.5. The van der Waals surface area contributed by atoms with Crippen LogP contribution in [-0.2, 0) is 0 Å². The first-order valence-corrected chi connectivity index (χ1v) is 4.69. The van der Waals surface area contributed by atoms with E-state index in [0.29, 0.717) is 5.56 Å². The lowest BCUT2D eigenvalue weighted by molar-refractivity contribution is -0.325. The van der Waals surface area contributed by atoms with Gasteiger partial charge in [-0.25, -0.2) is 5.43 Å². The van der Waals surface area contributed by atoms with Crippen LogP contribution in [0, 0.1) is 0 Å². The lowest BCUT2D eigenvalue weighted by Crippen LogP contribution is -2.55. The second kappa shape index (κ2) is 5.04. The Morgan fingerprint density at radius 2 is 1.81 bits per heavy atom. The summed E-state index contributed by atoms with van der Waals surface area (Å²) >= 11 is 0. The molecule has 0 radical (unpaired) electrons. The van der Waals surface area contributed by atoms with E-state index in [4.69, 9.17) is 15.3 Å². The van der Waals surface area contributed by atoms with Crippen LogP contribution >= 0.6 is 0 Å². The molecule has 5 N–H and O–H groups in total. The van der Waals surface area contributed by atoms with E-state index in [2.05, 4.69) is 10.9 Å². The molecule has 1 aromatic carbocycles. The maximum atomic E-state index is 11.5. The molecular formula is C10H14N2O4. The van der Waals surface area contributed by atoms with E-state index in [1.165, 1.54) is 6.92 Å². The summed E-state index contributed by atoms with van der Waals surface area (Å²) in [5.41, 5.74) is 4.93. The summed E-state index contributed by atoms with van der Waals surface area (Å²) in [7, 11) is 0. The average Bonchev–Trinajstić information content (AvgIpc) is 2.25. The van der Waals surface area contributed by atoms with Crippen LogP contribution in [0.1, 0.15) is 17.3 Å². The molecular weight excluding hydrogens is 212 g/mol. The number of rotatable bonds is 4. The standard InChI is InChI=1S/C10H14N2O4/c1-7(10(14,15)16)11-12-9(13)8-5-3-2-4-6-8/h2-7,11,14-16H,1H3,(H,12,13). The van der Waals surface area contributed by atoms with Crippen molar-refractivity contribution in [2.45, 2.75) is 18.9 Å². The van der Waals surface area contributed by atoms with Crippen molar-refractivity contribution in [1.82, 2.24) is 10.9 Å². The second-order valence-corrected chi connectivity index (χ2v) is 3.37. The number of aliphatic hydroxyl groups is 3. The topological polar surface area (TPSA) is 102 Å². The SMILES string of the molecule is CC(NNC(=O)c1ccccc1)C(O)(O)O. The molecule has 0 spiro atoms. The number of carbonyl (C=O) groups excluding carboxylic acids is 1. The highest BCUT2D eigenvalue weighted by Crippen LogP contribution is 2.00. The zero-order valence-electron chi connectivity index (χ0n) is 8.71. The molecule has 0 aliphatic carbocycles. The van der Waals surface area contributed by atoms with Crippen molar-refractivity contribution in [1.29, 1.82) is 0 Å². The third-order valence-corrected chi connectivity index (χ3v) is 2.02. The molecule has 0 aromatic heterocycles. The molecule has 0 bridgehead atoms. The summed E-state index contributed by atoms with van der Waals surface area (Å²) in [6, 6.07) is 7.25. The minimum Gasteiger partial charge on any atom is -0.342 e. The van der Waals surface area contributed by atoms with E-state index in [-0.39, 0.29) is 0 Å². The first kappa shape index (κ1) is 12.6. The van der Waals surface area contributed by atoms with Crippen molar-refractivity contribution in [3.05, 3.63) is 35.9 Å². The van der Waals surface area contributed by atoms with E-state index in [1.807, 2.05) is 0 Å². The lowest BCUT2D eigenvalue weighted by atomic mass is 10.2. The molecule has 1 unspecified atom stereocenters. The van der Waals surface area contributed by atoms with Gasteiger partial charge in [-0.3, -0.25) is 10.2 Å². The van der Waals surface area contributed by atoms with Crippen molar-refractivity contribution >= 4 is 5.91 Å². The molecule has 6 heteroatoms. The Morgan fingerprint density at radius 1 is 1.25 bits per heavy atom. The summed E-state index contributed by atoms with van der Waals surface area (Å²) < 4.78 is 0. The van der Waals surface area contributed by atoms with Gasteiger partial charge in [0.15, 0.2) is 0 Å². The average molecular weight is 226 g/mol. The number of hydrogen-bond donors (Lipinski definition) is 5. The Kier molecular flexibility index (Phi) is 3.97. The van der Waals surface area contributed by atoms with Gasteiger partial charge >= 0.3 is 0 Å². The predicted molar refractivity (Wildman–Crippen MR) is 55.9 cm³/mol. The van der Waals surface area contributed by atoms with Crippen molar-refractivity contribution in [2.24, 2.45) is 0 Å². The molecule has 0 saturated heterocycles. The van der Waals surface area contributed by atoms with E-state index in [0.717, 1.165) is 0 Å². The van der Waals surface area contributed by atoms with Crippen molar-refractivity contribution < 1.29 is 20.1 Å². The Labute approximate surface area is 92.5 Å².